The average Bonchev–Trinajstić information content (AvgIpc) is 2.79. The molecule has 0 amide bonds. The van der Waals surface area contributed by atoms with Crippen molar-refractivity contribution in [2.75, 3.05) is 4.72 Å². The van der Waals surface area contributed by atoms with Gasteiger partial charge in [0.15, 0.2) is 11.6 Å². The molecule has 2 rings (SSSR count). The Labute approximate surface area is 127 Å². The number of hydrogen-bond acceptors (Lipinski definition) is 4. The largest absolute Gasteiger partial charge is 0.432 e. The minimum absolute atomic E-state index is 0.0548. The first kappa shape index (κ1) is 15.9. The first-order valence-corrected chi connectivity index (χ1v) is 7.98. The van der Waals surface area contributed by atoms with Gasteiger partial charge in [0, 0.05) is 6.07 Å². The first-order valence-electron chi connectivity index (χ1n) is 5.30. The van der Waals surface area contributed by atoms with E-state index >= 15 is 0 Å². The quantitative estimate of drug-likeness (QED) is 0.881. The predicted octanol–water partition coefficient (Wildman–Crippen LogP) is 3.94. The number of nitrogens with one attached hydrogen (secondary N) is 1. The van der Waals surface area contributed by atoms with Gasteiger partial charge in [-0.05, 0) is 24.3 Å². The van der Waals surface area contributed by atoms with Gasteiger partial charge < -0.3 is 4.74 Å². The van der Waals surface area contributed by atoms with Gasteiger partial charge in [-0.1, -0.05) is 11.6 Å². The molecule has 0 unspecified atom stereocenters. The Balaban J connectivity index is 2.22. The second-order valence-electron chi connectivity index (χ2n) is 3.69. The maximum Gasteiger partial charge on any atom is 0.387 e. The third-order valence-electron chi connectivity index (χ3n) is 2.21. The molecule has 114 valence electrons. The second kappa shape index (κ2) is 6.12. The summed E-state index contributed by atoms with van der Waals surface area (Å²) >= 11 is 6.47. The van der Waals surface area contributed by atoms with Crippen LogP contribution in [0.5, 0.6) is 5.75 Å². The summed E-state index contributed by atoms with van der Waals surface area (Å²) in [6.07, 6.45) is 0. The number of benzene rings is 1. The fourth-order valence-corrected chi connectivity index (χ4v) is 3.94. The van der Waals surface area contributed by atoms with E-state index in [1.165, 1.54) is 12.1 Å². The Morgan fingerprint density at radius 1 is 1.24 bits per heavy atom. The van der Waals surface area contributed by atoms with Crippen LogP contribution in [0.25, 0.3) is 0 Å². The Kier molecular flexibility index (Phi) is 4.64. The molecule has 1 N–H and O–H groups in total. The molecule has 2 aromatic rings. The number of thiophene rings is 1. The maximum absolute atomic E-state index is 13.5. The lowest BCUT2D eigenvalue weighted by atomic mass is 10.3. The van der Waals surface area contributed by atoms with Crippen LogP contribution in [-0.2, 0) is 10.0 Å². The Morgan fingerprint density at radius 2 is 1.95 bits per heavy atom. The molecular weight excluding hydrogens is 351 g/mol. The number of alkyl halides is 2. The molecule has 0 atom stereocenters. The van der Waals surface area contributed by atoms with Crippen molar-refractivity contribution in [3.8, 4) is 5.75 Å². The van der Waals surface area contributed by atoms with Crippen LogP contribution in [-0.4, -0.2) is 15.0 Å². The van der Waals surface area contributed by atoms with Crippen LogP contribution in [0.1, 0.15) is 0 Å². The molecule has 4 nitrogen and oxygen atoms in total. The summed E-state index contributed by atoms with van der Waals surface area (Å²) in [5.41, 5.74) is -0.126. The lowest BCUT2D eigenvalue weighted by molar-refractivity contribution is -0.0521. The highest BCUT2D eigenvalue weighted by Crippen LogP contribution is 2.28. The minimum Gasteiger partial charge on any atom is -0.432 e. The first-order chi connectivity index (χ1) is 9.78. The molecule has 0 aliphatic carbocycles. The summed E-state index contributed by atoms with van der Waals surface area (Å²) in [7, 11) is -3.92. The highest BCUT2D eigenvalue weighted by molar-refractivity contribution is 7.94. The van der Waals surface area contributed by atoms with Gasteiger partial charge in [0.2, 0.25) is 0 Å². The summed E-state index contributed by atoms with van der Waals surface area (Å²) in [6, 6.07) is 5.44. The van der Waals surface area contributed by atoms with E-state index in [2.05, 4.69) is 9.46 Å². The third kappa shape index (κ3) is 4.02. The van der Waals surface area contributed by atoms with E-state index in [-0.39, 0.29) is 14.2 Å². The predicted molar refractivity (Wildman–Crippen MR) is 73.2 cm³/mol. The highest BCUT2D eigenvalue weighted by Gasteiger charge is 2.18. The number of halogens is 4. The maximum atomic E-state index is 13.5. The third-order valence-corrected chi connectivity index (χ3v) is 5.32. The molecule has 0 bridgehead atoms. The highest BCUT2D eigenvalue weighted by atomic mass is 35.5. The van der Waals surface area contributed by atoms with Crippen molar-refractivity contribution in [1.29, 1.82) is 0 Å². The van der Waals surface area contributed by atoms with Crippen molar-refractivity contribution in [3.05, 3.63) is 40.5 Å². The summed E-state index contributed by atoms with van der Waals surface area (Å²) in [5.74, 6) is -1.79. The van der Waals surface area contributed by atoms with Crippen molar-refractivity contribution in [2.45, 2.75) is 10.8 Å². The Morgan fingerprint density at radius 3 is 2.48 bits per heavy atom. The second-order valence-corrected chi connectivity index (χ2v) is 7.31. The van der Waals surface area contributed by atoms with Gasteiger partial charge in [-0.25, -0.2) is 12.8 Å². The number of hydrogen-bond donors (Lipinski definition) is 1. The molecule has 10 heteroatoms. The lowest BCUT2D eigenvalue weighted by Gasteiger charge is -2.09. The van der Waals surface area contributed by atoms with Gasteiger partial charge in [-0.3, -0.25) is 4.72 Å². The van der Waals surface area contributed by atoms with Crippen molar-refractivity contribution < 1.29 is 26.3 Å². The summed E-state index contributed by atoms with van der Waals surface area (Å²) in [6.45, 7) is -3.17. The van der Waals surface area contributed by atoms with E-state index in [0.29, 0.717) is 0 Å². The fourth-order valence-electron chi connectivity index (χ4n) is 1.40. The topological polar surface area (TPSA) is 55.4 Å². The van der Waals surface area contributed by atoms with Gasteiger partial charge in [0.05, 0.1) is 10.0 Å². The van der Waals surface area contributed by atoms with Crippen LogP contribution in [0.3, 0.4) is 0 Å². The van der Waals surface area contributed by atoms with Crippen LogP contribution in [0, 0.1) is 5.82 Å². The average molecular weight is 358 g/mol. The normalized spacial score (nSPS) is 11.7. The van der Waals surface area contributed by atoms with E-state index < -0.39 is 28.2 Å². The van der Waals surface area contributed by atoms with Crippen molar-refractivity contribution >= 4 is 38.6 Å². The van der Waals surface area contributed by atoms with Crippen molar-refractivity contribution in [2.24, 2.45) is 0 Å². The summed E-state index contributed by atoms with van der Waals surface area (Å²) < 4.78 is 67.6. The van der Waals surface area contributed by atoms with Crippen LogP contribution in [0.2, 0.25) is 4.34 Å². The zero-order chi connectivity index (χ0) is 15.6. The SMILES string of the molecule is O=S(=O)(Nc1ccc(OC(F)F)c(F)c1)c1ccc(Cl)s1. The summed E-state index contributed by atoms with van der Waals surface area (Å²) in [5, 5.41) is 0. The lowest BCUT2D eigenvalue weighted by Crippen LogP contribution is -2.12. The molecule has 0 spiro atoms. The van der Waals surface area contributed by atoms with E-state index in [0.717, 1.165) is 29.5 Å². The summed E-state index contributed by atoms with van der Waals surface area (Å²) in [4.78, 5) is 0. The molecule has 1 aromatic heterocycles. The van der Waals surface area contributed by atoms with Gasteiger partial charge in [-0.15, -0.1) is 11.3 Å². The van der Waals surface area contributed by atoms with Gasteiger partial charge in [-0.2, -0.15) is 8.78 Å². The van der Waals surface area contributed by atoms with Gasteiger partial charge >= 0.3 is 6.61 Å². The van der Waals surface area contributed by atoms with Crippen molar-refractivity contribution in [1.82, 2.24) is 0 Å². The standard InChI is InChI=1S/C11H7ClF3NO3S2/c12-9-3-4-10(20-9)21(17,18)16-6-1-2-8(7(13)5-6)19-11(14)15/h1-5,11,16H. The number of sulfonamides is 1. The molecule has 0 radical (unpaired) electrons. The van der Waals surface area contributed by atoms with Crippen molar-refractivity contribution in [3.63, 3.8) is 0 Å². The molecule has 21 heavy (non-hydrogen) atoms. The van der Waals surface area contributed by atoms with Crippen LogP contribution >= 0.6 is 22.9 Å². The monoisotopic (exact) mass is 357 g/mol. The van der Waals surface area contributed by atoms with Crippen LogP contribution in [0.4, 0.5) is 18.9 Å². The van der Waals surface area contributed by atoms with Gasteiger partial charge in [0.1, 0.15) is 4.21 Å². The van der Waals surface area contributed by atoms with Gasteiger partial charge in [0.25, 0.3) is 10.0 Å². The molecule has 1 aromatic carbocycles. The number of rotatable bonds is 5. The van der Waals surface area contributed by atoms with E-state index in [1.54, 1.807) is 0 Å². The Hall–Kier alpha value is -1.45. The minimum atomic E-state index is -3.92. The molecule has 1 heterocycles. The van der Waals surface area contributed by atoms with Crippen LogP contribution < -0.4 is 9.46 Å². The van der Waals surface area contributed by atoms with E-state index in [1.807, 2.05) is 0 Å². The Bertz CT molecular complexity index is 749. The van der Waals surface area contributed by atoms with Crippen LogP contribution in [0.15, 0.2) is 34.5 Å². The zero-order valence-electron chi connectivity index (χ0n) is 10.0. The van der Waals surface area contributed by atoms with E-state index in [9.17, 15) is 21.6 Å². The molecule has 0 aliphatic heterocycles. The zero-order valence-corrected chi connectivity index (χ0v) is 12.4. The molecule has 0 saturated carbocycles. The molecular formula is C11H7ClF3NO3S2. The number of anilines is 1. The molecule has 0 saturated heterocycles. The van der Waals surface area contributed by atoms with E-state index in [4.69, 9.17) is 11.6 Å². The number of ether oxygens (including phenoxy) is 1. The molecule has 0 aliphatic rings. The molecule has 0 fully saturated rings. The fraction of sp³-hybridized carbons (Fsp3) is 0.0909. The smallest absolute Gasteiger partial charge is 0.387 e.